The van der Waals surface area contributed by atoms with Crippen molar-refractivity contribution in [1.29, 1.82) is 0 Å². The summed E-state index contributed by atoms with van der Waals surface area (Å²) in [5.41, 5.74) is 6.64. The number of hydrogen-bond acceptors (Lipinski definition) is 2. The van der Waals surface area contributed by atoms with E-state index >= 15 is 0 Å². The maximum Gasteiger partial charge on any atom is 0.226 e. The Morgan fingerprint density at radius 3 is 2.52 bits per heavy atom. The van der Waals surface area contributed by atoms with E-state index < -0.39 is 23.6 Å². The molecule has 2 aromatic carbocycles. The maximum absolute atomic E-state index is 13.5. The van der Waals surface area contributed by atoms with Gasteiger partial charge in [-0.3, -0.25) is 4.79 Å². The average molecular weight is 355 g/mol. The number of hydrogen-bond donors (Lipinski definition) is 2. The van der Waals surface area contributed by atoms with Crippen LogP contribution in [0.5, 0.6) is 0 Å². The van der Waals surface area contributed by atoms with Crippen LogP contribution in [0.15, 0.2) is 46.9 Å². The lowest BCUT2D eigenvalue weighted by molar-refractivity contribution is -0.116. The minimum Gasteiger partial charge on any atom is -0.324 e. The Morgan fingerprint density at radius 1 is 1.19 bits per heavy atom. The van der Waals surface area contributed by atoms with Crippen LogP contribution in [0.3, 0.4) is 0 Å². The predicted molar refractivity (Wildman–Crippen MR) is 80.7 cm³/mol. The molecule has 1 unspecified atom stereocenters. The van der Waals surface area contributed by atoms with Crippen molar-refractivity contribution in [3.63, 3.8) is 0 Å². The van der Waals surface area contributed by atoms with Crippen LogP contribution in [0.2, 0.25) is 0 Å². The van der Waals surface area contributed by atoms with Gasteiger partial charge < -0.3 is 11.1 Å². The van der Waals surface area contributed by atoms with E-state index in [1.807, 2.05) is 30.3 Å². The highest BCUT2D eigenvalue weighted by atomic mass is 79.9. The third-order valence-corrected chi connectivity index (χ3v) is 3.52. The van der Waals surface area contributed by atoms with Crippen molar-refractivity contribution in [2.45, 2.75) is 12.5 Å². The molecule has 2 aromatic rings. The molecule has 1 atom stereocenters. The fraction of sp³-hybridized carbons (Fsp3) is 0.133. The quantitative estimate of drug-likeness (QED) is 0.821. The van der Waals surface area contributed by atoms with Crippen LogP contribution < -0.4 is 11.1 Å². The maximum atomic E-state index is 13.5. The number of benzene rings is 2. The monoisotopic (exact) mass is 354 g/mol. The van der Waals surface area contributed by atoms with E-state index in [0.29, 0.717) is 6.07 Å². The zero-order valence-corrected chi connectivity index (χ0v) is 12.5. The van der Waals surface area contributed by atoms with Crippen molar-refractivity contribution in [3.05, 3.63) is 64.1 Å². The van der Waals surface area contributed by atoms with Crippen molar-refractivity contribution in [1.82, 2.24) is 0 Å². The number of carbonyl (C=O) groups excluding carboxylic acids is 1. The van der Waals surface area contributed by atoms with Crippen molar-refractivity contribution < 1.29 is 13.6 Å². The third kappa shape index (κ3) is 4.09. The van der Waals surface area contributed by atoms with E-state index in [2.05, 4.69) is 21.2 Å². The van der Waals surface area contributed by atoms with Crippen LogP contribution in [-0.4, -0.2) is 5.91 Å². The number of nitrogens with two attached hydrogens (primary N) is 1. The lowest BCUT2D eigenvalue weighted by Gasteiger charge is -2.12. The average Bonchev–Trinajstić information content (AvgIpc) is 2.45. The number of rotatable bonds is 4. The Labute approximate surface area is 129 Å². The summed E-state index contributed by atoms with van der Waals surface area (Å²) in [6, 6.07) is 10.5. The molecule has 0 radical (unpaired) electrons. The SMILES string of the molecule is NC(CC(=O)Nc1cc(Br)c(F)cc1F)c1ccccc1. The molecule has 0 aliphatic heterocycles. The molecule has 3 nitrogen and oxygen atoms in total. The van der Waals surface area contributed by atoms with Gasteiger partial charge in [0.1, 0.15) is 11.6 Å². The molecule has 0 aliphatic carbocycles. The van der Waals surface area contributed by atoms with Crippen molar-refractivity contribution in [3.8, 4) is 0 Å². The zero-order valence-electron chi connectivity index (χ0n) is 10.9. The molecule has 3 N–H and O–H groups in total. The van der Waals surface area contributed by atoms with Crippen LogP contribution in [0.4, 0.5) is 14.5 Å². The topological polar surface area (TPSA) is 55.1 Å². The second-order valence-corrected chi connectivity index (χ2v) is 5.37. The van der Waals surface area contributed by atoms with Crippen LogP contribution in [0.25, 0.3) is 0 Å². The largest absolute Gasteiger partial charge is 0.324 e. The lowest BCUT2D eigenvalue weighted by Crippen LogP contribution is -2.21. The Morgan fingerprint density at radius 2 is 1.86 bits per heavy atom. The lowest BCUT2D eigenvalue weighted by atomic mass is 10.0. The van der Waals surface area contributed by atoms with Gasteiger partial charge in [0.25, 0.3) is 0 Å². The number of carbonyl (C=O) groups is 1. The standard InChI is InChI=1S/C15H13BrF2N2O/c16-10-6-14(12(18)7-11(10)17)20-15(21)8-13(19)9-4-2-1-3-5-9/h1-7,13H,8,19H2,(H,20,21). The Kier molecular flexibility index (Phi) is 5.03. The Hall–Kier alpha value is -1.79. The summed E-state index contributed by atoms with van der Waals surface area (Å²) in [5, 5.41) is 2.39. The van der Waals surface area contributed by atoms with Crippen molar-refractivity contribution >= 4 is 27.5 Å². The molecule has 21 heavy (non-hydrogen) atoms. The second-order valence-electron chi connectivity index (χ2n) is 4.52. The molecule has 0 fully saturated rings. The van der Waals surface area contributed by atoms with E-state index in [9.17, 15) is 13.6 Å². The molecule has 0 heterocycles. The highest BCUT2D eigenvalue weighted by Crippen LogP contribution is 2.24. The molecule has 2 rings (SSSR count). The first kappa shape index (κ1) is 15.6. The van der Waals surface area contributed by atoms with Gasteiger partial charge in [0, 0.05) is 18.5 Å². The minimum atomic E-state index is -0.836. The van der Waals surface area contributed by atoms with Crippen LogP contribution >= 0.6 is 15.9 Å². The van der Waals surface area contributed by atoms with Gasteiger partial charge in [-0.25, -0.2) is 8.78 Å². The molecule has 110 valence electrons. The van der Waals surface area contributed by atoms with E-state index in [-0.39, 0.29) is 16.6 Å². The van der Waals surface area contributed by atoms with Crippen molar-refractivity contribution in [2.75, 3.05) is 5.32 Å². The summed E-state index contributed by atoms with van der Waals surface area (Å²) in [7, 11) is 0. The van der Waals surface area contributed by atoms with E-state index in [1.54, 1.807) is 0 Å². The molecular formula is C15H13BrF2N2O. The Balaban J connectivity index is 2.04. The summed E-state index contributed by atoms with van der Waals surface area (Å²) in [6.45, 7) is 0. The minimum absolute atomic E-state index is 0.00154. The molecule has 6 heteroatoms. The Bertz CT molecular complexity index is 650. The summed E-state index contributed by atoms with van der Waals surface area (Å²) < 4.78 is 26.7. The predicted octanol–water partition coefficient (Wildman–Crippen LogP) is 3.76. The van der Waals surface area contributed by atoms with Gasteiger partial charge in [-0.1, -0.05) is 30.3 Å². The first-order valence-electron chi connectivity index (χ1n) is 6.22. The number of nitrogens with one attached hydrogen (secondary N) is 1. The first-order chi connectivity index (χ1) is 9.97. The smallest absolute Gasteiger partial charge is 0.226 e. The van der Waals surface area contributed by atoms with Gasteiger partial charge >= 0.3 is 0 Å². The summed E-state index contributed by atoms with van der Waals surface area (Å²) >= 11 is 2.94. The van der Waals surface area contributed by atoms with Gasteiger partial charge in [0.2, 0.25) is 5.91 Å². The normalized spacial score (nSPS) is 12.0. The molecule has 0 aliphatic rings. The third-order valence-electron chi connectivity index (χ3n) is 2.92. The van der Waals surface area contributed by atoms with Gasteiger partial charge in [-0.15, -0.1) is 0 Å². The van der Waals surface area contributed by atoms with Gasteiger partial charge in [0.15, 0.2) is 0 Å². The molecule has 0 saturated heterocycles. The summed E-state index contributed by atoms with van der Waals surface area (Å²) in [4.78, 5) is 11.9. The number of halogens is 3. The molecule has 0 saturated carbocycles. The zero-order chi connectivity index (χ0) is 15.4. The van der Waals surface area contributed by atoms with E-state index in [4.69, 9.17) is 5.73 Å². The molecule has 0 spiro atoms. The molecule has 1 amide bonds. The number of amides is 1. The highest BCUT2D eigenvalue weighted by Gasteiger charge is 2.14. The molecule has 0 bridgehead atoms. The van der Waals surface area contributed by atoms with E-state index in [1.165, 1.54) is 6.07 Å². The second kappa shape index (κ2) is 6.78. The van der Waals surface area contributed by atoms with Gasteiger partial charge in [-0.2, -0.15) is 0 Å². The van der Waals surface area contributed by atoms with Gasteiger partial charge in [-0.05, 0) is 27.6 Å². The van der Waals surface area contributed by atoms with E-state index in [0.717, 1.165) is 5.56 Å². The van der Waals surface area contributed by atoms with Crippen molar-refractivity contribution in [2.24, 2.45) is 5.73 Å². The summed E-state index contributed by atoms with van der Waals surface area (Å²) in [5.74, 6) is -2.01. The highest BCUT2D eigenvalue weighted by molar-refractivity contribution is 9.10. The first-order valence-corrected chi connectivity index (χ1v) is 7.01. The number of anilines is 1. The molecule has 0 aromatic heterocycles. The van der Waals surface area contributed by atoms with Crippen LogP contribution in [0, 0.1) is 11.6 Å². The molecular weight excluding hydrogens is 342 g/mol. The summed E-state index contributed by atoms with van der Waals surface area (Å²) in [6.07, 6.45) is -0.00154. The van der Waals surface area contributed by atoms with Crippen LogP contribution in [-0.2, 0) is 4.79 Å². The fourth-order valence-corrected chi connectivity index (χ4v) is 2.18. The van der Waals surface area contributed by atoms with Crippen LogP contribution in [0.1, 0.15) is 18.0 Å². The van der Waals surface area contributed by atoms with Gasteiger partial charge in [0.05, 0.1) is 10.2 Å². The fourth-order valence-electron chi connectivity index (χ4n) is 1.84.